The van der Waals surface area contributed by atoms with E-state index in [1.807, 2.05) is 22.4 Å². The Kier molecular flexibility index (Phi) is 6.71. The van der Waals surface area contributed by atoms with Crippen molar-refractivity contribution in [2.24, 2.45) is 11.7 Å². The number of carbonyl (C=O) groups excluding carboxylic acids is 1. The Hall–Kier alpha value is -1.50. The van der Waals surface area contributed by atoms with Crippen molar-refractivity contribution in [1.82, 2.24) is 9.88 Å². The third-order valence-electron chi connectivity index (χ3n) is 4.14. The minimum absolute atomic E-state index is 0. The molecule has 1 aromatic carbocycles. The molecule has 1 saturated heterocycles. The van der Waals surface area contributed by atoms with Crippen LogP contribution in [0.5, 0.6) is 0 Å². The highest BCUT2D eigenvalue weighted by atomic mass is 35.5. The second-order valence-corrected chi connectivity index (χ2v) is 6.84. The molecule has 4 nitrogen and oxygen atoms in total. The number of aromatic nitrogens is 1. The van der Waals surface area contributed by atoms with E-state index in [0.29, 0.717) is 24.6 Å². The van der Waals surface area contributed by atoms with Crippen LogP contribution in [0, 0.1) is 11.7 Å². The summed E-state index contributed by atoms with van der Waals surface area (Å²) in [6.45, 7) is 2.04. The Bertz CT molecular complexity index is 677. The van der Waals surface area contributed by atoms with Crippen molar-refractivity contribution in [2.45, 2.75) is 19.3 Å². The summed E-state index contributed by atoms with van der Waals surface area (Å²) in [5.74, 6) is 0.214. The maximum Gasteiger partial charge on any atom is 0.273 e. The van der Waals surface area contributed by atoms with Gasteiger partial charge in [0, 0.05) is 24.9 Å². The minimum atomic E-state index is -0.214. The van der Waals surface area contributed by atoms with Gasteiger partial charge in [0.1, 0.15) is 11.5 Å². The number of nitrogens with zero attached hydrogens (tertiary/aromatic N) is 2. The average molecular weight is 370 g/mol. The number of thiazole rings is 1. The summed E-state index contributed by atoms with van der Waals surface area (Å²) in [5, 5.41) is 2.73. The van der Waals surface area contributed by atoms with Gasteiger partial charge in [-0.05, 0) is 43.0 Å². The third kappa shape index (κ3) is 4.53. The summed E-state index contributed by atoms with van der Waals surface area (Å²) in [5.41, 5.74) is 7.16. The molecule has 2 heterocycles. The fourth-order valence-electron chi connectivity index (χ4n) is 2.95. The van der Waals surface area contributed by atoms with Crippen LogP contribution in [0.15, 0.2) is 29.6 Å². The molecule has 7 heteroatoms. The molecule has 1 aliphatic heterocycles. The highest BCUT2D eigenvalue weighted by Gasteiger charge is 2.28. The molecule has 0 spiro atoms. The highest BCUT2D eigenvalue weighted by molar-refractivity contribution is 7.09. The van der Waals surface area contributed by atoms with Gasteiger partial charge in [0.25, 0.3) is 5.91 Å². The number of amides is 1. The average Bonchev–Trinajstić information content (AvgIpc) is 3.19. The molecule has 1 fully saturated rings. The summed E-state index contributed by atoms with van der Waals surface area (Å²) in [7, 11) is 0. The Balaban J connectivity index is 0.00000208. The van der Waals surface area contributed by atoms with Gasteiger partial charge >= 0.3 is 0 Å². The Morgan fingerprint density at radius 2 is 2.12 bits per heavy atom. The SMILES string of the molecule is Cl.NCCc1nc(C(=O)N2CCC(Cc3ccc(F)cc3)C2)cs1. The first-order valence-corrected chi connectivity index (χ1v) is 8.72. The summed E-state index contributed by atoms with van der Waals surface area (Å²) in [6.07, 6.45) is 2.56. The molecule has 0 radical (unpaired) electrons. The molecular formula is C17H21ClFN3OS. The molecule has 0 saturated carbocycles. The van der Waals surface area contributed by atoms with Crippen LogP contribution in [-0.2, 0) is 12.8 Å². The van der Waals surface area contributed by atoms with E-state index >= 15 is 0 Å². The van der Waals surface area contributed by atoms with Gasteiger partial charge in [-0.15, -0.1) is 23.7 Å². The Labute approximate surface area is 151 Å². The van der Waals surface area contributed by atoms with Crippen molar-refractivity contribution in [2.75, 3.05) is 19.6 Å². The van der Waals surface area contributed by atoms with Crippen molar-refractivity contribution in [3.8, 4) is 0 Å². The molecule has 1 aliphatic rings. The fraction of sp³-hybridized carbons (Fsp3) is 0.412. The van der Waals surface area contributed by atoms with E-state index in [2.05, 4.69) is 4.98 Å². The number of hydrogen-bond acceptors (Lipinski definition) is 4. The molecule has 2 aromatic rings. The zero-order chi connectivity index (χ0) is 16.2. The van der Waals surface area contributed by atoms with E-state index in [-0.39, 0.29) is 24.1 Å². The molecular weight excluding hydrogens is 349 g/mol. The Morgan fingerprint density at radius 1 is 1.38 bits per heavy atom. The molecule has 1 atom stereocenters. The van der Waals surface area contributed by atoms with Crippen LogP contribution in [0.2, 0.25) is 0 Å². The minimum Gasteiger partial charge on any atom is -0.337 e. The molecule has 0 bridgehead atoms. The highest BCUT2D eigenvalue weighted by Crippen LogP contribution is 2.23. The quantitative estimate of drug-likeness (QED) is 0.881. The van der Waals surface area contributed by atoms with Crippen LogP contribution in [0.1, 0.15) is 27.5 Å². The van der Waals surface area contributed by atoms with Crippen LogP contribution in [0.4, 0.5) is 4.39 Å². The molecule has 1 aromatic heterocycles. The van der Waals surface area contributed by atoms with Crippen molar-refractivity contribution in [3.63, 3.8) is 0 Å². The molecule has 2 N–H and O–H groups in total. The van der Waals surface area contributed by atoms with Crippen LogP contribution in [-0.4, -0.2) is 35.4 Å². The number of rotatable bonds is 5. The molecule has 1 unspecified atom stereocenters. The van der Waals surface area contributed by atoms with Crippen molar-refractivity contribution in [1.29, 1.82) is 0 Å². The molecule has 24 heavy (non-hydrogen) atoms. The van der Waals surface area contributed by atoms with Gasteiger partial charge in [-0.1, -0.05) is 12.1 Å². The first kappa shape index (κ1) is 18.8. The molecule has 130 valence electrons. The molecule has 3 rings (SSSR count). The second-order valence-electron chi connectivity index (χ2n) is 5.90. The van der Waals surface area contributed by atoms with Crippen LogP contribution >= 0.6 is 23.7 Å². The van der Waals surface area contributed by atoms with Gasteiger partial charge in [0.15, 0.2) is 0 Å². The molecule has 1 amide bonds. The summed E-state index contributed by atoms with van der Waals surface area (Å²) in [6, 6.07) is 6.61. The van der Waals surface area contributed by atoms with E-state index < -0.39 is 0 Å². The summed E-state index contributed by atoms with van der Waals surface area (Å²) in [4.78, 5) is 18.7. The number of halogens is 2. The fourth-order valence-corrected chi connectivity index (χ4v) is 3.73. The van der Waals surface area contributed by atoms with Crippen LogP contribution < -0.4 is 5.73 Å². The predicted octanol–water partition coefficient (Wildman–Crippen LogP) is 2.91. The van der Waals surface area contributed by atoms with Crippen LogP contribution in [0.3, 0.4) is 0 Å². The van der Waals surface area contributed by atoms with E-state index in [0.717, 1.165) is 36.5 Å². The normalized spacial score (nSPS) is 16.9. The van der Waals surface area contributed by atoms with Gasteiger partial charge in [-0.2, -0.15) is 0 Å². The smallest absolute Gasteiger partial charge is 0.273 e. The lowest BCUT2D eigenvalue weighted by Gasteiger charge is -2.15. The number of benzene rings is 1. The number of nitrogens with two attached hydrogens (primary N) is 1. The topological polar surface area (TPSA) is 59.2 Å². The maximum absolute atomic E-state index is 12.9. The van der Waals surface area contributed by atoms with Crippen molar-refractivity contribution in [3.05, 3.63) is 51.7 Å². The van der Waals surface area contributed by atoms with Gasteiger partial charge in [0.2, 0.25) is 0 Å². The zero-order valence-corrected chi connectivity index (χ0v) is 14.9. The first-order chi connectivity index (χ1) is 11.2. The van der Waals surface area contributed by atoms with Gasteiger partial charge in [-0.3, -0.25) is 4.79 Å². The van der Waals surface area contributed by atoms with E-state index in [4.69, 9.17) is 5.73 Å². The van der Waals surface area contributed by atoms with Crippen LogP contribution in [0.25, 0.3) is 0 Å². The van der Waals surface area contributed by atoms with Gasteiger partial charge in [0.05, 0.1) is 5.01 Å². The van der Waals surface area contributed by atoms with Gasteiger partial charge in [-0.25, -0.2) is 9.37 Å². The third-order valence-corrected chi connectivity index (χ3v) is 5.05. The number of carbonyl (C=O) groups is 1. The predicted molar refractivity (Wildman–Crippen MR) is 96.2 cm³/mol. The Morgan fingerprint density at radius 3 is 2.83 bits per heavy atom. The van der Waals surface area contributed by atoms with E-state index in [9.17, 15) is 9.18 Å². The standard InChI is InChI=1S/C17H20FN3OS.ClH/c18-14-3-1-12(2-4-14)9-13-6-8-21(10-13)17(22)15-11-23-16(20-15)5-7-19;/h1-4,11,13H,5-10,19H2;1H. The maximum atomic E-state index is 12.9. The van der Waals surface area contributed by atoms with E-state index in [1.165, 1.54) is 23.5 Å². The number of likely N-dealkylation sites (tertiary alicyclic amines) is 1. The van der Waals surface area contributed by atoms with Gasteiger partial charge < -0.3 is 10.6 Å². The largest absolute Gasteiger partial charge is 0.337 e. The summed E-state index contributed by atoms with van der Waals surface area (Å²) >= 11 is 1.49. The lowest BCUT2D eigenvalue weighted by molar-refractivity contribution is 0.0782. The monoisotopic (exact) mass is 369 g/mol. The van der Waals surface area contributed by atoms with E-state index in [1.54, 1.807) is 0 Å². The second kappa shape index (κ2) is 8.55. The molecule has 0 aliphatic carbocycles. The van der Waals surface area contributed by atoms with Crippen molar-refractivity contribution >= 4 is 29.7 Å². The first-order valence-electron chi connectivity index (χ1n) is 7.84. The van der Waals surface area contributed by atoms with Crippen molar-refractivity contribution < 1.29 is 9.18 Å². The zero-order valence-electron chi connectivity index (χ0n) is 13.3. The summed E-state index contributed by atoms with van der Waals surface area (Å²) < 4.78 is 12.9. The number of hydrogen-bond donors (Lipinski definition) is 1. The lowest BCUT2D eigenvalue weighted by atomic mass is 9.99. The lowest BCUT2D eigenvalue weighted by Crippen LogP contribution is -2.29.